The van der Waals surface area contributed by atoms with Gasteiger partial charge in [0.25, 0.3) is 0 Å². The molecule has 1 rings (SSSR count). The average Bonchev–Trinajstić information content (AvgIpc) is 2.22. The minimum Gasteiger partial charge on any atom is -0.481 e. The van der Waals surface area contributed by atoms with Gasteiger partial charge in [-0.15, -0.1) is 0 Å². The largest absolute Gasteiger partial charge is 0.481 e. The molecule has 0 aromatic heterocycles. The van der Waals surface area contributed by atoms with E-state index in [1.165, 1.54) is 0 Å². The SMILES string of the molecule is CC1=C(C)N(C)C(CC(=O)O)N1C. The number of hydrogen-bond donors (Lipinski definition) is 1. The highest BCUT2D eigenvalue weighted by Gasteiger charge is 2.30. The van der Waals surface area contributed by atoms with Crippen LogP contribution in [-0.4, -0.2) is 41.1 Å². The molecular weight excluding hydrogens is 168 g/mol. The molecule has 0 atom stereocenters. The minimum absolute atomic E-state index is 0.0301. The van der Waals surface area contributed by atoms with Gasteiger partial charge in [0.1, 0.15) is 6.17 Å². The molecule has 0 aromatic rings. The van der Waals surface area contributed by atoms with Crippen LogP contribution in [0.2, 0.25) is 0 Å². The van der Waals surface area contributed by atoms with Gasteiger partial charge in [0, 0.05) is 25.5 Å². The molecule has 0 amide bonds. The van der Waals surface area contributed by atoms with E-state index in [4.69, 9.17) is 5.11 Å². The quantitative estimate of drug-likeness (QED) is 0.693. The van der Waals surface area contributed by atoms with Crippen molar-refractivity contribution >= 4 is 5.97 Å². The molecule has 4 nitrogen and oxygen atoms in total. The maximum Gasteiger partial charge on any atom is 0.307 e. The zero-order chi connectivity index (χ0) is 10.2. The van der Waals surface area contributed by atoms with Gasteiger partial charge in [0.2, 0.25) is 0 Å². The summed E-state index contributed by atoms with van der Waals surface area (Å²) in [6.07, 6.45) is 0.124. The molecule has 0 radical (unpaired) electrons. The molecule has 0 saturated heterocycles. The van der Waals surface area contributed by atoms with Crippen molar-refractivity contribution in [3.05, 3.63) is 11.4 Å². The number of hydrogen-bond acceptors (Lipinski definition) is 3. The van der Waals surface area contributed by atoms with Gasteiger partial charge in [-0.25, -0.2) is 0 Å². The number of aliphatic carboxylic acids is 1. The fraction of sp³-hybridized carbons (Fsp3) is 0.667. The van der Waals surface area contributed by atoms with Crippen molar-refractivity contribution in [3.63, 3.8) is 0 Å². The summed E-state index contributed by atoms with van der Waals surface area (Å²) in [6, 6.07) is 0. The minimum atomic E-state index is -0.758. The highest BCUT2D eigenvalue weighted by atomic mass is 16.4. The third-order valence-corrected chi connectivity index (χ3v) is 2.83. The van der Waals surface area contributed by atoms with Crippen molar-refractivity contribution in [3.8, 4) is 0 Å². The maximum absolute atomic E-state index is 10.6. The highest BCUT2D eigenvalue weighted by Crippen LogP contribution is 2.27. The molecule has 13 heavy (non-hydrogen) atoms. The monoisotopic (exact) mass is 184 g/mol. The number of allylic oxidation sites excluding steroid dienone is 2. The molecule has 0 spiro atoms. The van der Waals surface area contributed by atoms with E-state index in [2.05, 4.69) is 0 Å². The third kappa shape index (κ3) is 1.61. The van der Waals surface area contributed by atoms with Crippen LogP contribution in [0.5, 0.6) is 0 Å². The van der Waals surface area contributed by atoms with Crippen molar-refractivity contribution in [2.24, 2.45) is 0 Å². The molecule has 1 aliphatic heterocycles. The molecule has 0 aliphatic carbocycles. The molecule has 0 fully saturated rings. The smallest absolute Gasteiger partial charge is 0.307 e. The highest BCUT2D eigenvalue weighted by molar-refractivity contribution is 5.67. The Bertz CT molecular complexity index is 242. The first kappa shape index (κ1) is 9.89. The van der Waals surface area contributed by atoms with Crippen LogP contribution in [0, 0.1) is 0 Å². The van der Waals surface area contributed by atoms with E-state index in [-0.39, 0.29) is 12.6 Å². The van der Waals surface area contributed by atoms with E-state index < -0.39 is 5.97 Å². The number of nitrogens with zero attached hydrogens (tertiary/aromatic N) is 2. The molecular formula is C9H16N2O2. The molecule has 0 saturated carbocycles. The van der Waals surface area contributed by atoms with Crippen LogP contribution in [0.3, 0.4) is 0 Å². The Morgan fingerprint density at radius 2 is 1.69 bits per heavy atom. The van der Waals surface area contributed by atoms with Crippen molar-refractivity contribution < 1.29 is 9.90 Å². The van der Waals surface area contributed by atoms with Gasteiger partial charge >= 0.3 is 5.97 Å². The number of carboxylic acids is 1. The topological polar surface area (TPSA) is 43.8 Å². The molecule has 4 heteroatoms. The van der Waals surface area contributed by atoms with Crippen LogP contribution in [0.15, 0.2) is 11.4 Å². The molecule has 1 N–H and O–H groups in total. The van der Waals surface area contributed by atoms with Gasteiger partial charge in [0.05, 0.1) is 6.42 Å². The lowest BCUT2D eigenvalue weighted by atomic mass is 10.3. The van der Waals surface area contributed by atoms with E-state index in [0.717, 1.165) is 11.4 Å². The fourth-order valence-corrected chi connectivity index (χ4v) is 1.65. The van der Waals surface area contributed by atoms with Crippen LogP contribution in [0.1, 0.15) is 20.3 Å². The lowest BCUT2D eigenvalue weighted by molar-refractivity contribution is -0.139. The molecule has 0 unspecified atom stereocenters. The Morgan fingerprint density at radius 3 is 2.00 bits per heavy atom. The lowest BCUT2D eigenvalue weighted by Crippen LogP contribution is -2.37. The van der Waals surface area contributed by atoms with Gasteiger partial charge in [-0.1, -0.05) is 0 Å². The third-order valence-electron chi connectivity index (χ3n) is 2.83. The predicted octanol–water partition coefficient (Wildman–Crippen LogP) is 0.916. The lowest BCUT2D eigenvalue weighted by Gasteiger charge is -2.27. The van der Waals surface area contributed by atoms with E-state index >= 15 is 0 Å². The molecule has 1 aliphatic rings. The van der Waals surface area contributed by atoms with E-state index in [0.29, 0.717) is 0 Å². The second kappa shape index (κ2) is 3.28. The Morgan fingerprint density at radius 1 is 1.31 bits per heavy atom. The summed E-state index contributed by atoms with van der Waals surface area (Å²) in [5.41, 5.74) is 2.29. The van der Waals surface area contributed by atoms with Crippen molar-refractivity contribution in [2.75, 3.05) is 14.1 Å². The maximum atomic E-state index is 10.6. The summed E-state index contributed by atoms with van der Waals surface area (Å²) in [5, 5.41) is 8.71. The van der Waals surface area contributed by atoms with Crippen LogP contribution in [0.25, 0.3) is 0 Å². The second-order valence-electron chi connectivity index (χ2n) is 3.47. The first-order chi connectivity index (χ1) is 5.95. The van der Waals surface area contributed by atoms with E-state index in [9.17, 15) is 4.79 Å². The van der Waals surface area contributed by atoms with Crippen LogP contribution < -0.4 is 0 Å². The summed E-state index contributed by atoms with van der Waals surface area (Å²) in [4.78, 5) is 14.6. The van der Waals surface area contributed by atoms with Crippen LogP contribution in [-0.2, 0) is 4.79 Å². The standard InChI is InChI=1S/C9H16N2O2/c1-6-7(2)11(4)8(10(6)3)5-9(12)13/h8H,5H2,1-4H3,(H,12,13). The zero-order valence-corrected chi connectivity index (χ0v) is 8.53. The number of rotatable bonds is 2. The summed E-state index contributed by atoms with van der Waals surface area (Å²) in [7, 11) is 3.85. The molecule has 74 valence electrons. The van der Waals surface area contributed by atoms with Crippen molar-refractivity contribution in [1.29, 1.82) is 0 Å². The van der Waals surface area contributed by atoms with Gasteiger partial charge in [-0.3, -0.25) is 4.79 Å². The Balaban J connectivity index is 2.77. The van der Waals surface area contributed by atoms with Gasteiger partial charge in [0.15, 0.2) is 0 Å². The number of carbonyl (C=O) groups is 1. The van der Waals surface area contributed by atoms with Crippen molar-refractivity contribution in [1.82, 2.24) is 9.80 Å². The first-order valence-electron chi connectivity index (χ1n) is 4.30. The van der Waals surface area contributed by atoms with Crippen LogP contribution >= 0.6 is 0 Å². The summed E-state index contributed by atoms with van der Waals surface area (Å²) >= 11 is 0. The normalized spacial score (nSPS) is 18.8. The Hall–Kier alpha value is -1.19. The van der Waals surface area contributed by atoms with Gasteiger partial charge in [-0.2, -0.15) is 0 Å². The number of carboxylic acid groups (broad SMARTS) is 1. The van der Waals surface area contributed by atoms with Crippen LogP contribution in [0.4, 0.5) is 0 Å². The predicted molar refractivity (Wildman–Crippen MR) is 49.9 cm³/mol. The average molecular weight is 184 g/mol. The summed E-state index contributed by atoms with van der Waals surface area (Å²) in [5.74, 6) is -0.758. The first-order valence-corrected chi connectivity index (χ1v) is 4.30. The van der Waals surface area contributed by atoms with Gasteiger partial charge in [-0.05, 0) is 13.8 Å². The molecule has 0 bridgehead atoms. The van der Waals surface area contributed by atoms with E-state index in [1.807, 2.05) is 37.7 Å². The van der Waals surface area contributed by atoms with E-state index in [1.54, 1.807) is 0 Å². The summed E-state index contributed by atoms with van der Waals surface area (Å²) in [6.45, 7) is 4.02. The fourth-order valence-electron chi connectivity index (χ4n) is 1.65. The summed E-state index contributed by atoms with van der Waals surface area (Å²) < 4.78 is 0. The van der Waals surface area contributed by atoms with Crippen molar-refractivity contribution in [2.45, 2.75) is 26.4 Å². The Labute approximate surface area is 78.4 Å². The molecule has 0 aromatic carbocycles. The Kier molecular flexibility index (Phi) is 2.50. The second-order valence-corrected chi connectivity index (χ2v) is 3.47. The zero-order valence-electron chi connectivity index (χ0n) is 8.53. The molecule has 1 heterocycles. The van der Waals surface area contributed by atoms with Gasteiger partial charge < -0.3 is 14.9 Å².